The van der Waals surface area contributed by atoms with Gasteiger partial charge in [-0.05, 0) is 12.8 Å². The molecule has 0 spiro atoms. The molecule has 0 saturated heterocycles. The molecule has 0 aromatic carbocycles. The number of carbonyl (C=O) groups is 1. The van der Waals surface area contributed by atoms with Crippen LogP contribution in [0, 0.1) is 0 Å². The molecular weight excluding hydrogens is 230 g/mol. The van der Waals surface area contributed by atoms with Crippen molar-refractivity contribution in [3.63, 3.8) is 0 Å². The second-order valence-corrected chi connectivity index (χ2v) is 4.17. The van der Waals surface area contributed by atoms with Crippen LogP contribution >= 0.6 is 11.6 Å². The van der Waals surface area contributed by atoms with Crippen LogP contribution in [0.2, 0.25) is 5.15 Å². The third kappa shape index (κ3) is 2.82. The molecule has 86 valence electrons. The van der Waals surface area contributed by atoms with Gasteiger partial charge < -0.3 is 9.88 Å². The van der Waals surface area contributed by atoms with Gasteiger partial charge in [-0.15, -0.1) is 0 Å². The maximum Gasteiger partial charge on any atom is 0.288 e. The smallest absolute Gasteiger partial charge is 0.288 e. The molecule has 16 heavy (non-hydrogen) atoms. The standard InChI is InChI=1S/C10H12ClN3O2/c11-9-10(16)14(6-4-12-9)5-3-8(15)13-7-1-2-7/h4,6-7H,1-3,5H2,(H,13,15). The molecule has 0 atom stereocenters. The fourth-order valence-electron chi connectivity index (χ4n) is 1.35. The van der Waals surface area contributed by atoms with Gasteiger partial charge in [0.05, 0.1) is 0 Å². The molecule has 1 aliphatic carbocycles. The van der Waals surface area contributed by atoms with Crippen molar-refractivity contribution in [3.8, 4) is 0 Å². The summed E-state index contributed by atoms with van der Waals surface area (Å²) in [7, 11) is 0. The number of amides is 1. The number of nitrogens with one attached hydrogen (secondary N) is 1. The Hall–Kier alpha value is -1.36. The zero-order chi connectivity index (χ0) is 11.5. The molecule has 1 heterocycles. The summed E-state index contributed by atoms with van der Waals surface area (Å²) in [6.07, 6.45) is 5.39. The van der Waals surface area contributed by atoms with E-state index in [-0.39, 0.29) is 23.0 Å². The van der Waals surface area contributed by atoms with Crippen molar-refractivity contribution in [1.29, 1.82) is 0 Å². The predicted octanol–water partition coefficient (Wildman–Crippen LogP) is 0.565. The van der Waals surface area contributed by atoms with Crippen LogP contribution < -0.4 is 10.9 Å². The first-order valence-corrected chi connectivity index (χ1v) is 5.55. The minimum Gasteiger partial charge on any atom is -0.353 e. The summed E-state index contributed by atoms with van der Waals surface area (Å²) in [6.45, 7) is 0.333. The van der Waals surface area contributed by atoms with E-state index in [1.54, 1.807) is 0 Å². The van der Waals surface area contributed by atoms with Gasteiger partial charge in [-0.1, -0.05) is 11.6 Å². The number of rotatable bonds is 4. The van der Waals surface area contributed by atoms with Crippen LogP contribution in [0.25, 0.3) is 0 Å². The average Bonchev–Trinajstić information content (AvgIpc) is 3.04. The Morgan fingerprint density at radius 2 is 2.38 bits per heavy atom. The van der Waals surface area contributed by atoms with Gasteiger partial charge in [-0.2, -0.15) is 0 Å². The van der Waals surface area contributed by atoms with E-state index < -0.39 is 0 Å². The first kappa shape index (κ1) is 11.1. The molecule has 1 N–H and O–H groups in total. The Labute approximate surface area is 97.4 Å². The fraction of sp³-hybridized carbons (Fsp3) is 0.500. The summed E-state index contributed by atoms with van der Waals surface area (Å²) in [5, 5.41) is 2.79. The number of aromatic nitrogens is 2. The summed E-state index contributed by atoms with van der Waals surface area (Å²) in [6, 6.07) is 0.352. The fourth-order valence-corrected chi connectivity index (χ4v) is 1.51. The molecule has 2 rings (SSSR count). The highest BCUT2D eigenvalue weighted by molar-refractivity contribution is 6.29. The Morgan fingerprint density at radius 1 is 1.62 bits per heavy atom. The molecule has 1 saturated carbocycles. The van der Waals surface area contributed by atoms with E-state index in [9.17, 15) is 9.59 Å². The van der Waals surface area contributed by atoms with Crippen LogP contribution in [0.5, 0.6) is 0 Å². The molecule has 1 aliphatic rings. The lowest BCUT2D eigenvalue weighted by Crippen LogP contribution is -2.28. The third-order valence-electron chi connectivity index (χ3n) is 2.39. The monoisotopic (exact) mass is 241 g/mol. The quantitative estimate of drug-likeness (QED) is 0.838. The van der Waals surface area contributed by atoms with Crippen molar-refractivity contribution in [2.75, 3.05) is 0 Å². The number of aryl methyl sites for hydroxylation is 1. The summed E-state index contributed by atoms with van der Waals surface area (Å²) >= 11 is 5.58. The Bertz CT molecular complexity index is 454. The third-order valence-corrected chi connectivity index (χ3v) is 2.65. The minimum absolute atomic E-state index is 0.0256. The van der Waals surface area contributed by atoms with Gasteiger partial charge in [0.1, 0.15) is 0 Å². The van der Waals surface area contributed by atoms with Crippen molar-refractivity contribution in [1.82, 2.24) is 14.9 Å². The van der Waals surface area contributed by atoms with Crippen LogP contribution in [0.15, 0.2) is 17.2 Å². The second-order valence-electron chi connectivity index (χ2n) is 3.81. The normalized spacial score (nSPS) is 14.8. The highest BCUT2D eigenvalue weighted by Crippen LogP contribution is 2.18. The van der Waals surface area contributed by atoms with Crippen molar-refractivity contribution < 1.29 is 4.79 Å². The van der Waals surface area contributed by atoms with E-state index in [0.29, 0.717) is 12.6 Å². The number of nitrogens with zero attached hydrogens (tertiary/aromatic N) is 2. The van der Waals surface area contributed by atoms with E-state index in [1.165, 1.54) is 17.0 Å². The van der Waals surface area contributed by atoms with E-state index in [4.69, 9.17) is 11.6 Å². The van der Waals surface area contributed by atoms with Crippen LogP contribution in [0.1, 0.15) is 19.3 Å². The van der Waals surface area contributed by atoms with Crippen LogP contribution in [0.3, 0.4) is 0 Å². The Morgan fingerprint density at radius 3 is 3.06 bits per heavy atom. The topological polar surface area (TPSA) is 64.0 Å². The van der Waals surface area contributed by atoms with Crippen LogP contribution in [0.4, 0.5) is 0 Å². The largest absolute Gasteiger partial charge is 0.353 e. The molecular formula is C10H12ClN3O2. The van der Waals surface area contributed by atoms with Gasteiger partial charge in [0, 0.05) is 31.4 Å². The highest BCUT2D eigenvalue weighted by atomic mass is 35.5. The van der Waals surface area contributed by atoms with Crippen molar-refractivity contribution in [2.24, 2.45) is 0 Å². The Kier molecular flexibility index (Phi) is 3.24. The van der Waals surface area contributed by atoms with Crippen LogP contribution in [-0.2, 0) is 11.3 Å². The summed E-state index contributed by atoms with van der Waals surface area (Å²) < 4.78 is 1.39. The van der Waals surface area contributed by atoms with E-state index in [1.807, 2.05) is 0 Å². The molecule has 0 unspecified atom stereocenters. The van der Waals surface area contributed by atoms with Gasteiger partial charge in [-0.25, -0.2) is 4.98 Å². The Balaban J connectivity index is 1.91. The van der Waals surface area contributed by atoms with Crippen molar-refractivity contribution in [2.45, 2.75) is 31.8 Å². The van der Waals surface area contributed by atoms with Crippen molar-refractivity contribution in [3.05, 3.63) is 27.9 Å². The molecule has 1 fully saturated rings. The van der Waals surface area contributed by atoms with E-state index in [2.05, 4.69) is 10.3 Å². The lowest BCUT2D eigenvalue weighted by Gasteiger charge is -2.05. The molecule has 6 heteroatoms. The van der Waals surface area contributed by atoms with Gasteiger partial charge in [-0.3, -0.25) is 9.59 Å². The molecule has 1 aromatic rings. The summed E-state index contributed by atoms with van der Waals surface area (Å²) in [5.41, 5.74) is -0.358. The van der Waals surface area contributed by atoms with Gasteiger partial charge in [0.15, 0.2) is 5.15 Å². The average molecular weight is 242 g/mol. The SMILES string of the molecule is O=C(CCn1ccnc(Cl)c1=O)NC1CC1. The number of hydrogen-bond acceptors (Lipinski definition) is 3. The molecule has 0 bridgehead atoms. The first-order chi connectivity index (χ1) is 7.66. The van der Waals surface area contributed by atoms with E-state index in [0.717, 1.165) is 12.8 Å². The molecule has 0 radical (unpaired) electrons. The zero-order valence-electron chi connectivity index (χ0n) is 8.65. The summed E-state index contributed by atoms with van der Waals surface area (Å²) in [5.74, 6) is -0.0256. The molecule has 0 aliphatic heterocycles. The van der Waals surface area contributed by atoms with Crippen LogP contribution in [-0.4, -0.2) is 21.5 Å². The second kappa shape index (κ2) is 4.65. The number of hydrogen-bond donors (Lipinski definition) is 1. The molecule has 1 aromatic heterocycles. The van der Waals surface area contributed by atoms with Gasteiger partial charge in [0.2, 0.25) is 5.91 Å². The van der Waals surface area contributed by atoms with E-state index >= 15 is 0 Å². The van der Waals surface area contributed by atoms with Gasteiger partial charge in [0.25, 0.3) is 5.56 Å². The maximum atomic E-state index is 11.5. The van der Waals surface area contributed by atoms with Gasteiger partial charge >= 0.3 is 0 Å². The minimum atomic E-state index is -0.358. The lowest BCUT2D eigenvalue weighted by molar-refractivity contribution is -0.121. The highest BCUT2D eigenvalue weighted by Gasteiger charge is 2.22. The maximum absolute atomic E-state index is 11.5. The lowest BCUT2D eigenvalue weighted by atomic mass is 10.4. The summed E-state index contributed by atoms with van der Waals surface area (Å²) in [4.78, 5) is 26.5. The first-order valence-electron chi connectivity index (χ1n) is 5.17. The number of halogens is 1. The molecule has 1 amide bonds. The van der Waals surface area contributed by atoms with Crippen molar-refractivity contribution >= 4 is 17.5 Å². The predicted molar refractivity (Wildman–Crippen MR) is 59.3 cm³/mol. The number of carbonyl (C=O) groups excluding carboxylic acids is 1. The zero-order valence-corrected chi connectivity index (χ0v) is 9.41. The molecule has 5 nitrogen and oxygen atoms in total.